The standard InChI is InChI=1S/C7H15NO/c1-5-6(8)3-2-4-7(5)9/h5-7,9H,2-4,8H2,1H3/t5-,6-,7-/m0/s1. The van der Waals surface area contributed by atoms with Crippen LogP contribution in [-0.4, -0.2) is 17.3 Å². The van der Waals surface area contributed by atoms with Crippen LogP contribution in [0.1, 0.15) is 26.2 Å². The summed E-state index contributed by atoms with van der Waals surface area (Å²) >= 11 is 0. The lowest BCUT2D eigenvalue weighted by Crippen LogP contribution is -2.39. The van der Waals surface area contributed by atoms with E-state index in [1.165, 1.54) is 0 Å². The summed E-state index contributed by atoms with van der Waals surface area (Å²) < 4.78 is 0. The van der Waals surface area contributed by atoms with Crippen molar-refractivity contribution in [1.82, 2.24) is 0 Å². The Labute approximate surface area is 56.1 Å². The highest BCUT2D eigenvalue weighted by Gasteiger charge is 2.24. The Morgan fingerprint density at radius 1 is 1.44 bits per heavy atom. The fourth-order valence-corrected chi connectivity index (χ4v) is 1.37. The van der Waals surface area contributed by atoms with Crippen LogP contribution in [0.3, 0.4) is 0 Å². The van der Waals surface area contributed by atoms with Crippen LogP contribution >= 0.6 is 0 Å². The van der Waals surface area contributed by atoms with E-state index in [1.54, 1.807) is 0 Å². The van der Waals surface area contributed by atoms with Gasteiger partial charge in [0.05, 0.1) is 6.10 Å². The van der Waals surface area contributed by atoms with Crippen LogP contribution in [-0.2, 0) is 0 Å². The van der Waals surface area contributed by atoms with E-state index >= 15 is 0 Å². The molecule has 3 N–H and O–H groups in total. The predicted octanol–water partition coefficient (Wildman–Crippen LogP) is 0.495. The molecular formula is C7H15NO. The molecule has 9 heavy (non-hydrogen) atoms. The average Bonchev–Trinajstić information content (AvgIpc) is 1.83. The third-order valence-corrected chi connectivity index (χ3v) is 2.32. The molecule has 1 aliphatic rings. The van der Waals surface area contributed by atoms with Gasteiger partial charge in [0, 0.05) is 6.04 Å². The molecule has 0 unspecified atom stereocenters. The molecule has 0 aromatic carbocycles. The minimum atomic E-state index is -0.145. The lowest BCUT2D eigenvalue weighted by atomic mass is 9.84. The van der Waals surface area contributed by atoms with Crippen LogP contribution in [0.15, 0.2) is 0 Å². The molecule has 1 rings (SSSR count). The molecule has 0 aromatic heterocycles. The van der Waals surface area contributed by atoms with E-state index in [1.807, 2.05) is 6.92 Å². The maximum absolute atomic E-state index is 9.27. The van der Waals surface area contributed by atoms with Crippen molar-refractivity contribution in [3.8, 4) is 0 Å². The molecule has 54 valence electrons. The van der Waals surface area contributed by atoms with Gasteiger partial charge in [-0.2, -0.15) is 0 Å². The van der Waals surface area contributed by atoms with Gasteiger partial charge in [-0.05, 0) is 25.2 Å². The van der Waals surface area contributed by atoms with Gasteiger partial charge in [-0.25, -0.2) is 0 Å². The third kappa shape index (κ3) is 1.43. The highest BCUT2D eigenvalue weighted by atomic mass is 16.3. The van der Waals surface area contributed by atoms with Gasteiger partial charge in [-0.1, -0.05) is 6.92 Å². The summed E-state index contributed by atoms with van der Waals surface area (Å²) in [5, 5.41) is 9.27. The third-order valence-electron chi connectivity index (χ3n) is 2.32. The number of hydrogen-bond donors (Lipinski definition) is 2. The van der Waals surface area contributed by atoms with Crippen molar-refractivity contribution in [2.45, 2.75) is 38.3 Å². The van der Waals surface area contributed by atoms with Crippen molar-refractivity contribution < 1.29 is 5.11 Å². The van der Waals surface area contributed by atoms with Crippen LogP contribution in [0.4, 0.5) is 0 Å². The second-order valence-corrected chi connectivity index (χ2v) is 3.02. The lowest BCUT2D eigenvalue weighted by molar-refractivity contribution is 0.0671. The molecule has 0 bridgehead atoms. The first-order valence-corrected chi connectivity index (χ1v) is 3.65. The van der Waals surface area contributed by atoms with Crippen LogP contribution in [0.25, 0.3) is 0 Å². The van der Waals surface area contributed by atoms with Crippen molar-refractivity contribution >= 4 is 0 Å². The number of aliphatic hydroxyl groups is 1. The van der Waals surface area contributed by atoms with Crippen molar-refractivity contribution in [2.75, 3.05) is 0 Å². The molecule has 0 spiro atoms. The molecule has 0 radical (unpaired) electrons. The maximum Gasteiger partial charge on any atom is 0.0580 e. The zero-order chi connectivity index (χ0) is 6.85. The van der Waals surface area contributed by atoms with Crippen molar-refractivity contribution in [2.24, 2.45) is 11.7 Å². The van der Waals surface area contributed by atoms with E-state index < -0.39 is 0 Å². The Kier molecular flexibility index (Phi) is 2.09. The first kappa shape index (κ1) is 7.03. The Balaban J connectivity index is 2.41. The fraction of sp³-hybridized carbons (Fsp3) is 1.00. The summed E-state index contributed by atoms with van der Waals surface area (Å²) in [4.78, 5) is 0. The smallest absolute Gasteiger partial charge is 0.0580 e. The number of nitrogens with two attached hydrogens (primary N) is 1. The first-order chi connectivity index (χ1) is 4.22. The molecule has 0 aliphatic heterocycles. The van der Waals surface area contributed by atoms with Gasteiger partial charge in [-0.15, -0.1) is 0 Å². The molecule has 2 heteroatoms. The monoisotopic (exact) mass is 129 g/mol. The summed E-state index contributed by atoms with van der Waals surface area (Å²) in [6, 6.07) is 0.230. The summed E-state index contributed by atoms with van der Waals surface area (Å²) in [6.07, 6.45) is 2.97. The van der Waals surface area contributed by atoms with E-state index in [4.69, 9.17) is 5.73 Å². The fourth-order valence-electron chi connectivity index (χ4n) is 1.37. The molecule has 2 nitrogen and oxygen atoms in total. The molecule has 1 saturated carbocycles. The van der Waals surface area contributed by atoms with Gasteiger partial charge in [0.25, 0.3) is 0 Å². The van der Waals surface area contributed by atoms with Crippen LogP contribution in [0, 0.1) is 5.92 Å². The van der Waals surface area contributed by atoms with Crippen LogP contribution in [0.2, 0.25) is 0 Å². The van der Waals surface area contributed by atoms with E-state index in [9.17, 15) is 5.11 Å². The zero-order valence-corrected chi connectivity index (χ0v) is 5.88. The molecule has 0 saturated heterocycles. The SMILES string of the molecule is C[C@H]1[C@@H](N)CCC[C@@H]1O. The Bertz CT molecular complexity index is 84.9. The molecule has 1 fully saturated rings. The molecule has 3 atom stereocenters. The number of hydrogen-bond acceptors (Lipinski definition) is 2. The van der Waals surface area contributed by atoms with Gasteiger partial charge < -0.3 is 10.8 Å². The molecular weight excluding hydrogens is 114 g/mol. The first-order valence-electron chi connectivity index (χ1n) is 3.65. The summed E-state index contributed by atoms with van der Waals surface area (Å²) in [6.45, 7) is 2.02. The minimum absolute atomic E-state index is 0.145. The normalized spacial score (nSPS) is 45.0. The topological polar surface area (TPSA) is 46.2 Å². The Morgan fingerprint density at radius 3 is 2.56 bits per heavy atom. The van der Waals surface area contributed by atoms with Gasteiger partial charge in [0.2, 0.25) is 0 Å². The quantitative estimate of drug-likeness (QED) is 0.500. The second kappa shape index (κ2) is 2.67. The highest BCUT2D eigenvalue weighted by Crippen LogP contribution is 2.22. The van der Waals surface area contributed by atoms with Crippen molar-refractivity contribution in [3.05, 3.63) is 0 Å². The van der Waals surface area contributed by atoms with Gasteiger partial charge >= 0.3 is 0 Å². The molecule has 1 aliphatic carbocycles. The highest BCUT2D eigenvalue weighted by molar-refractivity contribution is 4.80. The van der Waals surface area contributed by atoms with E-state index in [-0.39, 0.29) is 12.1 Å². The lowest BCUT2D eigenvalue weighted by Gasteiger charge is -2.29. The molecule has 0 heterocycles. The van der Waals surface area contributed by atoms with E-state index in [0.29, 0.717) is 5.92 Å². The summed E-state index contributed by atoms with van der Waals surface area (Å²) in [5.41, 5.74) is 5.71. The number of aliphatic hydroxyl groups excluding tert-OH is 1. The van der Waals surface area contributed by atoms with Gasteiger partial charge in [0.15, 0.2) is 0 Å². The average molecular weight is 129 g/mol. The Hall–Kier alpha value is -0.0800. The predicted molar refractivity (Wildman–Crippen MR) is 37.0 cm³/mol. The molecule has 0 amide bonds. The van der Waals surface area contributed by atoms with Crippen LogP contribution < -0.4 is 5.73 Å². The number of rotatable bonds is 0. The van der Waals surface area contributed by atoms with E-state index in [0.717, 1.165) is 19.3 Å². The van der Waals surface area contributed by atoms with Gasteiger partial charge in [-0.3, -0.25) is 0 Å². The zero-order valence-electron chi connectivity index (χ0n) is 5.88. The van der Waals surface area contributed by atoms with Crippen LogP contribution in [0.5, 0.6) is 0 Å². The Morgan fingerprint density at radius 2 is 2.11 bits per heavy atom. The van der Waals surface area contributed by atoms with Gasteiger partial charge in [0.1, 0.15) is 0 Å². The minimum Gasteiger partial charge on any atom is -0.393 e. The summed E-state index contributed by atoms with van der Waals surface area (Å²) in [7, 11) is 0. The summed E-state index contributed by atoms with van der Waals surface area (Å²) in [5.74, 6) is 0.304. The molecule has 0 aromatic rings. The largest absolute Gasteiger partial charge is 0.393 e. The van der Waals surface area contributed by atoms with Crippen molar-refractivity contribution in [1.29, 1.82) is 0 Å². The van der Waals surface area contributed by atoms with Crippen molar-refractivity contribution in [3.63, 3.8) is 0 Å². The second-order valence-electron chi connectivity index (χ2n) is 3.02. The van der Waals surface area contributed by atoms with E-state index in [2.05, 4.69) is 0 Å². The maximum atomic E-state index is 9.27.